The van der Waals surface area contributed by atoms with Gasteiger partial charge < -0.3 is 19.1 Å². The molecule has 0 radical (unpaired) electrons. The van der Waals surface area contributed by atoms with E-state index in [0.717, 1.165) is 25.0 Å². The number of hydrogen-bond acceptors (Lipinski definition) is 5. The summed E-state index contributed by atoms with van der Waals surface area (Å²) in [4.78, 5) is 26.7. The van der Waals surface area contributed by atoms with Gasteiger partial charge in [0.25, 0.3) is 0 Å². The molecule has 0 bridgehead atoms. The maximum absolute atomic E-state index is 12.9. The second-order valence-corrected chi connectivity index (χ2v) is 6.44. The highest BCUT2D eigenvalue weighted by Gasteiger charge is 2.32. The number of benzene rings is 1. The smallest absolute Gasteiger partial charge is 0.338 e. The molecule has 0 aliphatic carbocycles. The van der Waals surface area contributed by atoms with E-state index >= 15 is 0 Å². The van der Waals surface area contributed by atoms with Crippen molar-refractivity contribution in [2.24, 2.45) is 5.92 Å². The van der Waals surface area contributed by atoms with E-state index in [0.29, 0.717) is 37.7 Å². The van der Waals surface area contributed by atoms with Crippen LogP contribution in [-0.4, -0.2) is 49.7 Å². The van der Waals surface area contributed by atoms with Crippen LogP contribution in [0.25, 0.3) is 0 Å². The van der Waals surface area contributed by atoms with Crippen LogP contribution in [0.5, 0.6) is 5.75 Å². The van der Waals surface area contributed by atoms with Gasteiger partial charge in [-0.05, 0) is 38.8 Å². The van der Waals surface area contributed by atoms with Gasteiger partial charge in [-0.25, -0.2) is 4.79 Å². The number of carbonyl (C=O) groups is 2. The van der Waals surface area contributed by atoms with Crippen molar-refractivity contribution >= 4 is 11.9 Å². The number of hydrogen-bond donors (Lipinski definition) is 0. The van der Waals surface area contributed by atoms with Crippen LogP contribution in [-0.2, 0) is 14.3 Å². The first kappa shape index (κ1) is 17.7. The Bertz CT molecular complexity index is 639. The maximum Gasteiger partial charge on any atom is 0.338 e. The van der Waals surface area contributed by atoms with Gasteiger partial charge in [-0.3, -0.25) is 4.79 Å². The molecule has 1 amide bonds. The molecule has 2 aliphatic rings. The fourth-order valence-electron chi connectivity index (χ4n) is 3.43. The van der Waals surface area contributed by atoms with Crippen molar-refractivity contribution < 1.29 is 23.8 Å². The standard InChI is InChI=1S/C19H25NO5/c1-3-24-19(22)14-6-7-16-13(2)20(8-10-25-17(16)11-14)18(21)15-5-4-9-23-12-15/h6-7,11,13,15H,3-5,8-10,12H2,1-2H3. The third kappa shape index (κ3) is 3.79. The number of carbonyl (C=O) groups excluding carboxylic acids is 2. The second kappa shape index (κ2) is 7.87. The lowest BCUT2D eigenvalue weighted by atomic mass is 9.98. The monoisotopic (exact) mass is 347 g/mol. The summed E-state index contributed by atoms with van der Waals surface area (Å²) in [6.45, 7) is 6.28. The molecular formula is C19H25NO5. The van der Waals surface area contributed by atoms with Gasteiger partial charge in [0.05, 0.1) is 37.3 Å². The summed E-state index contributed by atoms with van der Waals surface area (Å²) in [5.74, 6) is 0.334. The Balaban J connectivity index is 1.81. The van der Waals surface area contributed by atoms with Crippen molar-refractivity contribution in [2.45, 2.75) is 32.7 Å². The number of amides is 1. The predicted molar refractivity (Wildman–Crippen MR) is 91.6 cm³/mol. The van der Waals surface area contributed by atoms with E-state index in [-0.39, 0.29) is 23.8 Å². The molecule has 6 nitrogen and oxygen atoms in total. The van der Waals surface area contributed by atoms with Crippen LogP contribution >= 0.6 is 0 Å². The molecule has 136 valence electrons. The normalized spacial score (nSPS) is 23.2. The Morgan fingerprint density at radius 1 is 1.32 bits per heavy atom. The SMILES string of the molecule is CCOC(=O)c1ccc2c(c1)OCCN(C(=O)C1CCCOC1)C2C. The van der Waals surface area contributed by atoms with E-state index in [1.807, 2.05) is 17.9 Å². The van der Waals surface area contributed by atoms with E-state index in [4.69, 9.17) is 14.2 Å². The summed E-state index contributed by atoms with van der Waals surface area (Å²) in [6.07, 6.45) is 1.80. The molecular weight excluding hydrogens is 322 g/mol. The highest BCUT2D eigenvalue weighted by atomic mass is 16.5. The fraction of sp³-hybridized carbons (Fsp3) is 0.579. The number of nitrogens with zero attached hydrogens (tertiary/aromatic N) is 1. The minimum Gasteiger partial charge on any atom is -0.491 e. The molecule has 3 rings (SSSR count). The van der Waals surface area contributed by atoms with Crippen molar-refractivity contribution in [1.29, 1.82) is 0 Å². The van der Waals surface area contributed by atoms with Crippen molar-refractivity contribution in [3.8, 4) is 5.75 Å². The number of rotatable bonds is 3. The summed E-state index contributed by atoms with van der Waals surface area (Å²) >= 11 is 0. The molecule has 0 spiro atoms. The summed E-state index contributed by atoms with van der Waals surface area (Å²) in [5.41, 5.74) is 1.38. The van der Waals surface area contributed by atoms with Crippen LogP contribution in [0.4, 0.5) is 0 Å². The van der Waals surface area contributed by atoms with Crippen LogP contribution in [0.2, 0.25) is 0 Å². The van der Waals surface area contributed by atoms with Gasteiger partial charge in [0.15, 0.2) is 0 Å². The quantitative estimate of drug-likeness (QED) is 0.786. The Morgan fingerprint density at radius 2 is 2.16 bits per heavy atom. The van der Waals surface area contributed by atoms with E-state index in [1.165, 1.54) is 0 Å². The van der Waals surface area contributed by atoms with Crippen LogP contribution in [0, 0.1) is 5.92 Å². The molecule has 6 heteroatoms. The lowest BCUT2D eigenvalue weighted by Gasteiger charge is -2.32. The molecule has 2 unspecified atom stereocenters. The first-order valence-corrected chi connectivity index (χ1v) is 8.94. The summed E-state index contributed by atoms with van der Waals surface area (Å²) in [5, 5.41) is 0. The van der Waals surface area contributed by atoms with E-state index in [9.17, 15) is 9.59 Å². The summed E-state index contributed by atoms with van der Waals surface area (Å²) in [7, 11) is 0. The van der Waals surface area contributed by atoms with Crippen LogP contribution in [0.1, 0.15) is 48.7 Å². The number of ether oxygens (including phenoxy) is 3. The Kier molecular flexibility index (Phi) is 5.58. The average Bonchev–Trinajstić information content (AvgIpc) is 2.80. The van der Waals surface area contributed by atoms with Gasteiger partial charge in [-0.1, -0.05) is 6.07 Å². The zero-order valence-electron chi connectivity index (χ0n) is 14.8. The molecule has 2 heterocycles. The Hall–Kier alpha value is -2.08. The molecule has 1 saturated heterocycles. The number of fused-ring (bicyclic) bond motifs is 1. The lowest BCUT2D eigenvalue weighted by Crippen LogP contribution is -2.41. The van der Waals surface area contributed by atoms with E-state index in [1.54, 1.807) is 19.1 Å². The fourth-order valence-corrected chi connectivity index (χ4v) is 3.43. The van der Waals surface area contributed by atoms with Gasteiger partial charge in [0, 0.05) is 12.2 Å². The zero-order valence-corrected chi connectivity index (χ0v) is 14.8. The van der Waals surface area contributed by atoms with E-state index in [2.05, 4.69) is 0 Å². The van der Waals surface area contributed by atoms with Gasteiger partial charge >= 0.3 is 5.97 Å². The first-order valence-electron chi connectivity index (χ1n) is 8.94. The topological polar surface area (TPSA) is 65.1 Å². The molecule has 2 atom stereocenters. The Labute approximate surface area is 148 Å². The maximum atomic E-state index is 12.9. The third-order valence-electron chi connectivity index (χ3n) is 4.82. The largest absolute Gasteiger partial charge is 0.491 e. The first-order chi connectivity index (χ1) is 12.1. The highest BCUT2D eigenvalue weighted by Crippen LogP contribution is 2.34. The Morgan fingerprint density at radius 3 is 2.88 bits per heavy atom. The molecule has 1 aromatic rings. The second-order valence-electron chi connectivity index (χ2n) is 6.44. The minimum atomic E-state index is -0.363. The van der Waals surface area contributed by atoms with Crippen LogP contribution in [0.3, 0.4) is 0 Å². The highest BCUT2D eigenvalue weighted by molar-refractivity contribution is 5.90. The predicted octanol–water partition coefficient (Wildman–Crippen LogP) is 2.57. The van der Waals surface area contributed by atoms with E-state index < -0.39 is 0 Å². The molecule has 25 heavy (non-hydrogen) atoms. The lowest BCUT2D eigenvalue weighted by molar-refractivity contribution is -0.142. The zero-order chi connectivity index (χ0) is 17.8. The van der Waals surface area contributed by atoms with Crippen LogP contribution < -0.4 is 4.74 Å². The van der Waals surface area contributed by atoms with Crippen molar-refractivity contribution in [3.63, 3.8) is 0 Å². The molecule has 1 fully saturated rings. The number of esters is 1. The van der Waals surface area contributed by atoms with Gasteiger partial charge in [0.1, 0.15) is 12.4 Å². The van der Waals surface area contributed by atoms with Crippen molar-refractivity contribution in [3.05, 3.63) is 29.3 Å². The molecule has 2 aliphatic heterocycles. The van der Waals surface area contributed by atoms with Gasteiger partial charge in [0.2, 0.25) is 5.91 Å². The average molecular weight is 347 g/mol. The van der Waals surface area contributed by atoms with Gasteiger partial charge in [-0.15, -0.1) is 0 Å². The molecule has 0 N–H and O–H groups in total. The minimum absolute atomic E-state index is 0.0726. The molecule has 0 saturated carbocycles. The molecule has 1 aromatic carbocycles. The molecule has 0 aromatic heterocycles. The van der Waals surface area contributed by atoms with Crippen molar-refractivity contribution in [1.82, 2.24) is 4.90 Å². The van der Waals surface area contributed by atoms with Crippen molar-refractivity contribution in [2.75, 3.05) is 33.0 Å². The van der Waals surface area contributed by atoms with Crippen LogP contribution in [0.15, 0.2) is 18.2 Å². The third-order valence-corrected chi connectivity index (χ3v) is 4.82. The van der Waals surface area contributed by atoms with Gasteiger partial charge in [-0.2, -0.15) is 0 Å². The summed E-state index contributed by atoms with van der Waals surface area (Å²) in [6, 6.07) is 5.19. The summed E-state index contributed by atoms with van der Waals surface area (Å²) < 4.78 is 16.3.